The molecule has 0 saturated carbocycles. The predicted octanol–water partition coefficient (Wildman–Crippen LogP) is 4.42. The number of ether oxygens (including phenoxy) is 1. The average Bonchev–Trinajstić information content (AvgIpc) is 2.57. The summed E-state index contributed by atoms with van der Waals surface area (Å²) in [6, 6.07) is 16.2. The van der Waals surface area contributed by atoms with Crippen molar-refractivity contribution in [2.24, 2.45) is 0 Å². The van der Waals surface area contributed by atoms with Crippen molar-refractivity contribution in [3.8, 4) is 5.75 Å². The van der Waals surface area contributed by atoms with Gasteiger partial charge in [0, 0.05) is 26.2 Å². The number of hydrogen-bond acceptors (Lipinski definition) is 3. The van der Waals surface area contributed by atoms with Crippen LogP contribution in [-0.2, 0) is 0 Å². The normalized spacial score (nSPS) is 16.1. The Labute approximate surface area is 163 Å². The Morgan fingerprint density at radius 3 is 1.92 bits per heavy atom. The van der Waals surface area contributed by atoms with Crippen LogP contribution in [0.5, 0.6) is 5.75 Å². The van der Waals surface area contributed by atoms with Crippen LogP contribution in [-0.4, -0.2) is 37.4 Å². The molecule has 1 aliphatic heterocycles. The topological polar surface area (TPSA) is 24.5 Å². The minimum absolute atomic E-state index is 0. The van der Waals surface area contributed by atoms with Crippen molar-refractivity contribution >= 4 is 24.8 Å². The Balaban J connectivity index is 0.00000169. The SMILES string of the molecule is Cl.Cl.FC(F)(F)Oc1ccc([C@H](c2ccccc2)N2CCNCC2)cc1. The molecule has 0 amide bonds. The van der Waals surface area contributed by atoms with Gasteiger partial charge in [-0.1, -0.05) is 42.5 Å². The largest absolute Gasteiger partial charge is 0.573 e. The van der Waals surface area contributed by atoms with Gasteiger partial charge in [0.15, 0.2) is 0 Å². The van der Waals surface area contributed by atoms with Crippen LogP contribution in [0.2, 0.25) is 0 Å². The quantitative estimate of drug-likeness (QED) is 0.809. The van der Waals surface area contributed by atoms with Crippen molar-refractivity contribution in [2.75, 3.05) is 26.2 Å². The first-order valence-corrected chi connectivity index (χ1v) is 7.88. The zero-order valence-corrected chi connectivity index (χ0v) is 15.5. The molecule has 1 heterocycles. The Morgan fingerprint density at radius 1 is 0.846 bits per heavy atom. The van der Waals surface area contributed by atoms with Gasteiger partial charge in [-0.25, -0.2) is 0 Å². The second-order valence-corrected chi connectivity index (χ2v) is 5.72. The Kier molecular flexibility index (Phi) is 8.70. The molecule has 0 aromatic heterocycles. The fourth-order valence-electron chi connectivity index (χ4n) is 3.04. The van der Waals surface area contributed by atoms with Crippen LogP contribution in [0.1, 0.15) is 17.2 Å². The smallest absolute Gasteiger partial charge is 0.406 e. The molecule has 8 heteroatoms. The molecule has 3 nitrogen and oxygen atoms in total. The number of halogens is 5. The third-order valence-electron chi connectivity index (χ3n) is 4.06. The van der Waals surface area contributed by atoms with Crippen molar-refractivity contribution in [3.05, 3.63) is 65.7 Å². The Bertz CT molecular complexity index is 648. The molecular weight excluding hydrogens is 388 g/mol. The summed E-state index contributed by atoms with van der Waals surface area (Å²) in [5.74, 6) is -0.196. The van der Waals surface area contributed by atoms with E-state index in [9.17, 15) is 13.2 Å². The van der Waals surface area contributed by atoms with Crippen molar-refractivity contribution in [3.63, 3.8) is 0 Å². The number of piperazine rings is 1. The maximum absolute atomic E-state index is 12.3. The van der Waals surface area contributed by atoms with Crippen LogP contribution in [0.4, 0.5) is 13.2 Å². The number of alkyl halides is 3. The van der Waals surface area contributed by atoms with E-state index in [1.54, 1.807) is 12.1 Å². The second kappa shape index (κ2) is 10.0. The molecule has 0 spiro atoms. The van der Waals surface area contributed by atoms with E-state index in [2.05, 4.69) is 15.0 Å². The molecule has 1 saturated heterocycles. The molecule has 0 aliphatic carbocycles. The predicted molar refractivity (Wildman–Crippen MR) is 100 cm³/mol. The molecule has 144 valence electrons. The first-order chi connectivity index (χ1) is 11.5. The molecule has 1 aliphatic rings. The fraction of sp³-hybridized carbons (Fsp3) is 0.333. The molecule has 0 unspecified atom stereocenters. The monoisotopic (exact) mass is 408 g/mol. The van der Waals surface area contributed by atoms with Gasteiger partial charge in [0.05, 0.1) is 6.04 Å². The lowest BCUT2D eigenvalue weighted by Gasteiger charge is -2.35. The van der Waals surface area contributed by atoms with E-state index in [0.717, 1.165) is 37.3 Å². The molecular formula is C18H21Cl2F3N2O. The number of rotatable bonds is 4. The molecule has 3 rings (SSSR count). The summed E-state index contributed by atoms with van der Waals surface area (Å²) in [5, 5.41) is 3.32. The first kappa shape index (κ1) is 22.6. The van der Waals surface area contributed by atoms with Gasteiger partial charge in [-0.3, -0.25) is 4.90 Å². The van der Waals surface area contributed by atoms with Crippen LogP contribution >= 0.6 is 24.8 Å². The van der Waals surface area contributed by atoms with Gasteiger partial charge in [-0.15, -0.1) is 38.0 Å². The maximum Gasteiger partial charge on any atom is 0.573 e. The summed E-state index contributed by atoms with van der Waals surface area (Å²) < 4.78 is 40.9. The highest BCUT2D eigenvalue weighted by atomic mass is 35.5. The van der Waals surface area contributed by atoms with E-state index >= 15 is 0 Å². The van der Waals surface area contributed by atoms with Crippen molar-refractivity contribution < 1.29 is 17.9 Å². The van der Waals surface area contributed by atoms with E-state index in [4.69, 9.17) is 0 Å². The fourth-order valence-corrected chi connectivity index (χ4v) is 3.04. The highest BCUT2D eigenvalue weighted by Crippen LogP contribution is 2.31. The number of hydrogen-bond donors (Lipinski definition) is 1. The molecule has 1 atom stereocenters. The number of nitrogens with zero attached hydrogens (tertiary/aromatic N) is 1. The molecule has 1 fully saturated rings. The number of benzene rings is 2. The first-order valence-electron chi connectivity index (χ1n) is 7.88. The van der Waals surface area contributed by atoms with Crippen molar-refractivity contribution in [2.45, 2.75) is 12.4 Å². The Hall–Kier alpha value is -1.47. The molecule has 0 radical (unpaired) electrons. The summed E-state index contributed by atoms with van der Waals surface area (Å²) in [7, 11) is 0. The lowest BCUT2D eigenvalue weighted by Crippen LogP contribution is -2.45. The van der Waals surface area contributed by atoms with Gasteiger partial charge >= 0.3 is 6.36 Å². The third kappa shape index (κ3) is 6.06. The van der Waals surface area contributed by atoms with E-state index in [-0.39, 0.29) is 36.6 Å². The third-order valence-corrected chi connectivity index (χ3v) is 4.06. The average molecular weight is 409 g/mol. The molecule has 1 N–H and O–H groups in total. The zero-order chi connectivity index (χ0) is 17.0. The lowest BCUT2D eigenvalue weighted by atomic mass is 9.96. The van der Waals surface area contributed by atoms with E-state index < -0.39 is 6.36 Å². The molecule has 2 aromatic carbocycles. The maximum atomic E-state index is 12.3. The minimum Gasteiger partial charge on any atom is -0.406 e. The Morgan fingerprint density at radius 2 is 1.38 bits per heavy atom. The lowest BCUT2D eigenvalue weighted by molar-refractivity contribution is -0.274. The van der Waals surface area contributed by atoms with Gasteiger partial charge in [-0.05, 0) is 23.3 Å². The van der Waals surface area contributed by atoms with Crippen LogP contribution in [0.15, 0.2) is 54.6 Å². The van der Waals surface area contributed by atoms with Crippen LogP contribution in [0, 0.1) is 0 Å². The van der Waals surface area contributed by atoms with Crippen LogP contribution in [0.25, 0.3) is 0 Å². The van der Waals surface area contributed by atoms with Crippen molar-refractivity contribution in [1.82, 2.24) is 10.2 Å². The number of nitrogens with one attached hydrogen (secondary N) is 1. The van der Waals surface area contributed by atoms with Gasteiger partial charge in [0.2, 0.25) is 0 Å². The molecule has 2 aromatic rings. The summed E-state index contributed by atoms with van der Waals surface area (Å²) in [6.07, 6.45) is -4.67. The van der Waals surface area contributed by atoms with Gasteiger partial charge in [0.1, 0.15) is 5.75 Å². The summed E-state index contributed by atoms with van der Waals surface area (Å²) in [5.41, 5.74) is 2.08. The summed E-state index contributed by atoms with van der Waals surface area (Å²) in [4.78, 5) is 2.34. The minimum atomic E-state index is -4.67. The van der Waals surface area contributed by atoms with Crippen LogP contribution < -0.4 is 10.1 Å². The van der Waals surface area contributed by atoms with Gasteiger partial charge in [0.25, 0.3) is 0 Å². The highest BCUT2D eigenvalue weighted by molar-refractivity contribution is 5.85. The van der Waals surface area contributed by atoms with E-state index in [1.165, 1.54) is 12.1 Å². The second-order valence-electron chi connectivity index (χ2n) is 5.72. The summed E-state index contributed by atoms with van der Waals surface area (Å²) in [6.45, 7) is 3.58. The van der Waals surface area contributed by atoms with Gasteiger partial charge < -0.3 is 10.1 Å². The van der Waals surface area contributed by atoms with E-state index in [0.29, 0.717) is 0 Å². The molecule has 0 bridgehead atoms. The highest BCUT2D eigenvalue weighted by Gasteiger charge is 2.31. The van der Waals surface area contributed by atoms with E-state index in [1.807, 2.05) is 30.3 Å². The standard InChI is InChI=1S/C18H19F3N2O.2ClH/c19-18(20,21)24-16-8-6-15(7-9-16)17(14-4-2-1-3-5-14)23-12-10-22-11-13-23;;/h1-9,17,22H,10-13H2;2*1H/t17-;;/m0../s1. The van der Waals surface area contributed by atoms with Gasteiger partial charge in [-0.2, -0.15) is 0 Å². The van der Waals surface area contributed by atoms with Crippen molar-refractivity contribution in [1.29, 1.82) is 0 Å². The summed E-state index contributed by atoms with van der Waals surface area (Å²) >= 11 is 0. The zero-order valence-electron chi connectivity index (χ0n) is 13.9. The molecule has 26 heavy (non-hydrogen) atoms. The van der Waals surface area contributed by atoms with Crippen LogP contribution in [0.3, 0.4) is 0 Å².